The van der Waals surface area contributed by atoms with Crippen LogP contribution in [-0.4, -0.2) is 37.4 Å². The van der Waals surface area contributed by atoms with Gasteiger partial charge < -0.3 is 4.90 Å². The van der Waals surface area contributed by atoms with E-state index in [4.69, 9.17) is 0 Å². The third-order valence-corrected chi connectivity index (χ3v) is 6.30. The van der Waals surface area contributed by atoms with Gasteiger partial charge in [-0.3, -0.25) is 4.79 Å². The van der Waals surface area contributed by atoms with Crippen molar-refractivity contribution < 1.29 is 17.6 Å². The van der Waals surface area contributed by atoms with Gasteiger partial charge in [-0.2, -0.15) is 5.10 Å². The van der Waals surface area contributed by atoms with Crippen molar-refractivity contribution in [1.29, 1.82) is 0 Å². The minimum Gasteiger partial charge on any atom is -0.310 e. The first-order valence-electron chi connectivity index (χ1n) is 9.21. The second-order valence-corrected chi connectivity index (χ2v) is 9.14. The Labute approximate surface area is 168 Å². The Morgan fingerprint density at radius 3 is 2.45 bits per heavy atom. The van der Waals surface area contributed by atoms with Crippen LogP contribution in [0.5, 0.6) is 0 Å². The molecule has 150 valence electrons. The largest absolute Gasteiger partial charge is 0.310 e. The fourth-order valence-electron chi connectivity index (χ4n) is 3.62. The van der Waals surface area contributed by atoms with Crippen molar-refractivity contribution >= 4 is 21.4 Å². The maximum Gasteiger partial charge on any atom is 0.278 e. The molecule has 6 nitrogen and oxygen atoms in total. The number of hydrogen-bond acceptors (Lipinski definition) is 4. The number of hydrogen-bond donors (Lipinski definition) is 0. The number of para-hydroxylation sites is 1. The minimum atomic E-state index is -3.31. The molecular weight excluding hydrogens is 393 g/mol. The molecule has 1 amide bonds. The Bertz CT molecular complexity index is 1200. The molecule has 0 unspecified atom stereocenters. The molecule has 0 radical (unpaired) electrons. The highest BCUT2D eigenvalue weighted by atomic mass is 32.2. The maximum absolute atomic E-state index is 14.3. The molecular formula is C21H20FN3O3S. The molecule has 0 N–H and O–H groups in total. The van der Waals surface area contributed by atoms with E-state index in [1.54, 1.807) is 37.4 Å². The molecule has 1 aromatic heterocycles. The van der Waals surface area contributed by atoms with Gasteiger partial charge in [-0.1, -0.05) is 12.1 Å². The SMILES string of the molecule is CN(C(=O)c1nn(-c2ccccc2F)c2c1CCC2)c1ccc(S(C)(=O)=O)cc1. The van der Waals surface area contributed by atoms with Gasteiger partial charge in [-0.15, -0.1) is 0 Å². The Hall–Kier alpha value is -3.00. The second-order valence-electron chi connectivity index (χ2n) is 7.12. The molecule has 0 saturated carbocycles. The molecule has 0 saturated heterocycles. The quantitative estimate of drug-likeness (QED) is 0.659. The zero-order valence-corrected chi connectivity index (χ0v) is 16.9. The number of nitrogens with zero attached hydrogens (tertiary/aromatic N) is 3. The number of carbonyl (C=O) groups is 1. The molecule has 0 atom stereocenters. The Morgan fingerprint density at radius 2 is 1.79 bits per heavy atom. The van der Waals surface area contributed by atoms with E-state index in [0.717, 1.165) is 30.4 Å². The van der Waals surface area contributed by atoms with Gasteiger partial charge >= 0.3 is 0 Å². The van der Waals surface area contributed by atoms with Crippen LogP contribution < -0.4 is 4.90 Å². The molecule has 8 heteroatoms. The molecule has 0 bridgehead atoms. The van der Waals surface area contributed by atoms with Crippen LogP contribution in [0.25, 0.3) is 5.69 Å². The minimum absolute atomic E-state index is 0.187. The van der Waals surface area contributed by atoms with Crippen LogP contribution >= 0.6 is 0 Å². The van der Waals surface area contributed by atoms with Gasteiger partial charge in [0.2, 0.25) is 0 Å². The molecule has 0 aliphatic heterocycles. The van der Waals surface area contributed by atoms with Crippen molar-refractivity contribution in [2.75, 3.05) is 18.2 Å². The number of aromatic nitrogens is 2. The fourth-order valence-corrected chi connectivity index (χ4v) is 4.26. The first-order chi connectivity index (χ1) is 13.8. The zero-order chi connectivity index (χ0) is 20.8. The van der Waals surface area contributed by atoms with Crippen molar-refractivity contribution in [2.45, 2.75) is 24.2 Å². The van der Waals surface area contributed by atoms with Crippen molar-refractivity contribution in [3.63, 3.8) is 0 Å². The van der Waals surface area contributed by atoms with Gasteiger partial charge in [0, 0.05) is 30.2 Å². The van der Waals surface area contributed by atoms with E-state index in [-0.39, 0.29) is 10.8 Å². The van der Waals surface area contributed by atoms with Gasteiger partial charge in [-0.25, -0.2) is 17.5 Å². The summed E-state index contributed by atoms with van der Waals surface area (Å²) >= 11 is 0. The van der Waals surface area contributed by atoms with Crippen LogP contribution in [0, 0.1) is 5.82 Å². The van der Waals surface area contributed by atoms with Crippen molar-refractivity contribution in [3.05, 3.63) is 71.3 Å². The summed E-state index contributed by atoms with van der Waals surface area (Å²) in [6.07, 6.45) is 3.46. The third kappa shape index (κ3) is 3.44. The summed E-state index contributed by atoms with van der Waals surface area (Å²) in [7, 11) is -1.70. The predicted octanol–water partition coefficient (Wildman–Crippen LogP) is 3.18. The molecule has 0 spiro atoms. The smallest absolute Gasteiger partial charge is 0.278 e. The first kappa shape index (κ1) is 19.3. The van der Waals surface area contributed by atoms with E-state index in [2.05, 4.69) is 5.10 Å². The van der Waals surface area contributed by atoms with Crippen LogP contribution in [0.15, 0.2) is 53.4 Å². The number of carbonyl (C=O) groups excluding carboxylic acids is 1. The molecule has 1 aliphatic carbocycles. The number of amides is 1. The summed E-state index contributed by atoms with van der Waals surface area (Å²) < 4.78 is 39.1. The summed E-state index contributed by atoms with van der Waals surface area (Å²) in [5.41, 5.74) is 2.88. The van der Waals surface area contributed by atoms with Crippen molar-refractivity contribution in [3.8, 4) is 5.69 Å². The van der Waals surface area contributed by atoms with Gasteiger partial charge in [-0.05, 0) is 55.7 Å². The topological polar surface area (TPSA) is 72.3 Å². The molecule has 0 fully saturated rings. The highest BCUT2D eigenvalue weighted by Gasteiger charge is 2.29. The van der Waals surface area contributed by atoms with E-state index < -0.39 is 15.7 Å². The number of sulfone groups is 1. The Balaban J connectivity index is 1.71. The highest BCUT2D eigenvalue weighted by Crippen LogP contribution is 2.30. The maximum atomic E-state index is 14.3. The summed E-state index contributed by atoms with van der Waals surface area (Å²) in [6, 6.07) is 12.5. The van der Waals surface area contributed by atoms with Crippen LogP contribution in [-0.2, 0) is 22.7 Å². The number of benzene rings is 2. The Kier molecular flexibility index (Phi) is 4.74. The summed E-state index contributed by atoms with van der Waals surface area (Å²) in [4.78, 5) is 14.8. The summed E-state index contributed by atoms with van der Waals surface area (Å²) in [6.45, 7) is 0. The van der Waals surface area contributed by atoms with Gasteiger partial charge in [0.1, 0.15) is 11.5 Å². The molecule has 29 heavy (non-hydrogen) atoms. The van der Waals surface area contributed by atoms with Gasteiger partial charge in [0.05, 0.1) is 4.90 Å². The van der Waals surface area contributed by atoms with E-state index in [1.165, 1.54) is 27.8 Å². The van der Waals surface area contributed by atoms with E-state index in [0.29, 0.717) is 23.5 Å². The number of fused-ring (bicyclic) bond motifs is 1. The normalized spacial score (nSPS) is 13.3. The van der Waals surface area contributed by atoms with E-state index >= 15 is 0 Å². The monoisotopic (exact) mass is 413 g/mol. The lowest BCUT2D eigenvalue weighted by Crippen LogP contribution is -2.27. The predicted molar refractivity (Wildman–Crippen MR) is 108 cm³/mol. The molecule has 2 aromatic carbocycles. The molecule has 3 aromatic rings. The van der Waals surface area contributed by atoms with Gasteiger partial charge in [0.15, 0.2) is 15.5 Å². The molecule has 4 rings (SSSR count). The molecule has 1 aliphatic rings. The van der Waals surface area contributed by atoms with Crippen molar-refractivity contribution in [1.82, 2.24) is 9.78 Å². The van der Waals surface area contributed by atoms with Crippen LogP contribution in [0.3, 0.4) is 0 Å². The highest BCUT2D eigenvalue weighted by molar-refractivity contribution is 7.90. The lowest BCUT2D eigenvalue weighted by Gasteiger charge is -2.17. The molecule has 1 heterocycles. The summed E-state index contributed by atoms with van der Waals surface area (Å²) in [5.74, 6) is -0.709. The van der Waals surface area contributed by atoms with Gasteiger partial charge in [0.25, 0.3) is 5.91 Å². The third-order valence-electron chi connectivity index (χ3n) is 5.17. The number of anilines is 1. The number of rotatable bonds is 4. The zero-order valence-electron chi connectivity index (χ0n) is 16.1. The van der Waals surface area contributed by atoms with E-state index in [1.807, 2.05) is 0 Å². The second kappa shape index (κ2) is 7.11. The average Bonchev–Trinajstić information content (AvgIpc) is 3.30. The number of halogens is 1. The standard InChI is InChI=1S/C21H20FN3O3S/c1-24(14-10-12-15(13-11-14)29(2,27)28)21(26)20-16-6-5-9-18(16)25(23-20)19-8-4-3-7-17(19)22/h3-4,7-8,10-13H,5-6,9H2,1-2H3. The average molecular weight is 413 g/mol. The van der Waals surface area contributed by atoms with Crippen LogP contribution in [0.4, 0.5) is 10.1 Å². The fraction of sp³-hybridized carbons (Fsp3) is 0.238. The van der Waals surface area contributed by atoms with Crippen LogP contribution in [0.1, 0.15) is 28.2 Å². The lowest BCUT2D eigenvalue weighted by molar-refractivity contribution is 0.0987. The Morgan fingerprint density at radius 1 is 1.10 bits per heavy atom. The van der Waals surface area contributed by atoms with Crippen LogP contribution in [0.2, 0.25) is 0 Å². The van der Waals surface area contributed by atoms with E-state index in [9.17, 15) is 17.6 Å². The first-order valence-corrected chi connectivity index (χ1v) is 11.1. The lowest BCUT2D eigenvalue weighted by atomic mass is 10.1. The summed E-state index contributed by atoms with van der Waals surface area (Å²) in [5, 5.41) is 4.46. The van der Waals surface area contributed by atoms with Crippen molar-refractivity contribution in [2.24, 2.45) is 0 Å².